The lowest BCUT2D eigenvalue weighted by atomic mass is 10.0. The standard InChI is InChI=1S/C17H27N3O/c1-18(2)17(21)14-19(3)16-9-11-20(12-10-16)13-15-7-5-4-6-8-15/h4-8,16H,9-14H2,1-3H3. The van der Waals surface area contributed by atoms with Gasteiger partial charge < -0.3 is 4.90 Å². The molecule has 0 aromatic heterocycles. The van der Waals surface area contributed by atoms with Gasteiger partial charge in [-0.2, -0.15) is 0 Å². The Morgan fingerprint density at radius 2 is 1.76 bits per heavy atom. The number of nitrogens with zero attached hydrogens (tertiary/aromatic N) is 3. The fourth-order valence-corrected chi connectivity index (χ4v) is 2.84. The molecule has 0 saturated carbocycles. The largest absolute Gasteiger partial charge is 0.348 e. The van der Waals surface area contributed by atoms with Crippen LogP contribution in [0.1, 0.15) is 18.4 Å². The molecule has 1 aliphatic heterocycles. The van der Waals surface area contributed by atoms with Crippen molar-refractivity contribution in [3.05, 3.63) is 35.9 Å². The number of benzene rings is 1. The van der Waals surface area contributed by atoms with Crippen LogP contribution in [0.5, 0.6) is 0 Å². The predicted octanol–water partition coefficient (Wildman–Crippen LogP) is 1.67. The summed E-state index contributed by atoms with van der Waals surface area (Å²) in [6.07, 6.45) is 2.29. The van der Waals surface area contributed by atoms with Crippen LogP contribution in [0.25, 0.3) is 0 Å². The molecule has 0 radical (unpaired) electrons. The van der Waals surface area contributed by atoms with Crippen LogP contribution < -0.4 is 0 Å². The van der Waals surface area contributed by atoms with E-state index in [0.717, 1.165) is 32.5 Å². The highest BCUT2D eigenvalue weighted by Gasteiger charge is 2.23. The number of hydrogen-bond acceptors (Lipinski definition) is 3. The van der Waals surface area contributed by atoms with Gasteiger partial charge in [-0.1, -0.05) is 30.3 Å². The van der Waals surface area contributed by atoms with Gasteiger partial charge in [0, 0.05) is 26.7 Å². The van der Waals surface area contributed by atoms with Gasteiger partial charge >= 0.3 is 0 Å². The minimum atomic E-state index is 0.184. The van der Waals surface area contributed by atoms with Gasteiger partial charge in [0.15, 0.2) is 0 Å². The summed E-state index contributed by atoms with van der Waals surface area (Å²) >= 11 is 0. The Labute approximate surface area is 128 Å². The molecule has 4 nitrogen and oxygen atoms in total. The number of carbonyl (C=O) groups excluding carboxylic acids is 1. The summed E-state index contributed by atoms with van der Waals surface area (Å²) in [5, 5.41) is 0. The topological polar surface area (TPSA) is 26.8 Å². The van der Waals surface area contributed by atoms with E-state index in [2.05, 4.69) is 47.2 Å². The Balaban J connectivity index is 1.76. The van der Waals surface area contributed by atoms with Crippen molar-refractivity contribution >= 4 is 5.91 Å². The Hall–Kier alpha value is -1.39. The monoisotopic (exact) mass is 289 g/mol. The fraction of sp³-hybridized carbons (Fsp3) is 0.588. The Morgan fingerprint density at radius 3 is 2.33 bits per heavy atom. The van der Waals surface area contributed by atoms with Crippen molar-refractivity contribution in [3.8, 4) is 0 Å². The molecule has 116 valence electrons. The quantitative estimate of drug-likeness (QED) is 0.825. The zero-order valence-corrected chi connectivity index (χ0v) is 13.5. The van der Waals surface area contributed by atoms with Crippen LogP contribution in [0.4, 0.5) is 0 Å². The summed E-state index contributed by atoms with van der Waals surface area (Å²) in [5.74, 6) is 0.184. The molecule has 0 N–H and O–H groups in total. The second-order valence-electron chi connectivity index (χ2n) is 6.20. The van der Waals surface area contributed by atoms with E-state index in [-0.39, 0.29) is 5.91 Å². The number of likely N-dealkylation sites (N-methyl/N-ethyl adjacent to an activating group) is 2. The number of carbonyl (C=O) groups is 1. The third-order valence-corrected chi connectivity index (χ3v) is 4.31. The summed E-state index contributed by atoms with van der Waals surface area (Å²) in [4.78, 5) is 18.2. The van der Waals surface area contributed by atoms with Crippen LogP contribution >= 0.6 is 0 Å². The van der Waals surface area contributed by atoms with Crippen molar-refractivity contribution in [2.45, 2.75) is 25.4 Å². The van der Waals surface area contributed by atoms with Gasteiger partial charge in [-0.05, 0) is 38.5 Å². The molecule has 4 heteroatoms. The van der Waals surface area contributed by atoms with E-state index in [9.17, 15) is 4.79 Å². The maximum Gasteiger partial charge on any atom is 0.236 e. The minimum Gasteiger partial charge on any atom is -0.348 e. The number of likely N-dealkylation sites (tertiary alicyclic amines) is 1. The first kappa shape index (κ1) is 16.0. The van der Waals surface area contributed by atoms with E-state index in [1.54, 1.807) is 4.90 Å². The van der Waals surface area contributed by atoms with E-state index in [0.29, 0.717) is 12.6 Å². The van der Waals surface area contributed by atoms with Crippen LogP contribution in [0, 0.1) is 0 Å². The molecule has 0 aliphatic carbocycles. The maximum atomic E-state index is 11.8. The van der Waals surface area contributed by atoms with Crippen LogP contribution in [0.2, 0.25) is 0 Å². The van der Waals surface area contributed by atoms with Gasteiger partial charge in [0.25, 0.3) is 0 Å². The zero-order valence-electron chi connectivity index (χ0n) is 13.5. The summed E-state index contributed by atoms with van der Waals surface area (Å²) in [6, 6.07) is 11.2. The number of hydrogen-bond donors (Lipinski definition) is 0. The van der Waals surface area contributed by atoms with Crippen molar-refractivity contribution in [3.63, 3.8) is 0 Å². The highest BCUT2D eigenvalue weighted by molar-refractivity contribution is 5.77. The SMILES string of the molecule is CN(C)C(=O)CN(C)C1CCN(Cc2ccccc2)CC1. The average molecular weight is 289 g/mol. The van der Waals surface area contributed by atoms with Gasteiger partial charge in [0.2, 0.25) is 5.91 Å². The summed E-state index contributed by atoms with van der Waals surface area (Å²) in [6.45, 7) is 3.78. The Morgan fingerprint density at radius 1 is 1.14 bits per heavy atom. The molecular formula is C17H27N3O. The van der Waals surface area contributed by atoms with Crippen molar-refractivity contribution in [1.29, 1.82) is 0 Å². The van der Waals surface area contributed by atoms with Gasteiger partial charge in [-0.15, -0.1) is 0 Å². The lowest BCUT2D eigenvalue weighted by Crippen LogP contribution is -2.46. The first-order chi connectivity index (χ1) is 10.1. The molecule has 21 heavy (non-hydrogen) atoms. The van der Waals surface area contributed by atoms with E-state index >= 15 is 0 Å². The van der Waals surface area contributed by atoms with Crippen molar-refractivity contribution < 1.29 is 4.79 Å². The van der Waals surface area contributed by atoms with E-state index in [4.69, 9.17) is 0 Å². The molecule has 0 spiro atoms. The smallest absolute Gasteiger partial charge is 0.236 e. The molecule has 1 saturated heterocycles. The molecule has 1 aromatic rings. The van der Waals surface area contributed by atoms with E-state index in [1.165, 1.54) is 5.56 Å². The van der Waals surface area contributed by atoms with E-state index < -0.39 is 0 Å². The third-order valence-electron chi connectivity index (χ3n) is 4.31. The normalized spacial score (nSPS) is 17.1. The molecule has 1 aliphatic rings. The van der Waals surface area contributed by atoms with Gasteiger partial charge in [-0.3, -0.25) is 14.6 Å². The van der Waals surface area contributed by atoms with Crippen molar-refractivity contribution in [2.24, 2.45) is 0 Å². The molecule has 1 aromatic carbocycles. The highest BCUT2D eigenvalue weighted by Crippen LogP contribution is 2.17. The van der Waals surface area contributed by atoms with Crippen LogP contribution in [0.15, 0.2) is 30.3 Å². The summed E-state index contributed by atoms with van der Waals surface area (Å²) < 4.78 is 0. The second-order valence-corrected chi connectivity index (χ2v) is 6.20. The lowest BCUT2D eigenvalue weighted by Gasteiger charge is -2.36. The third kappa shape index (κ3) is 4.83. The van der Waals surface area contributed by atoms with Crippen molar-refractivity contribution in [2.75, 3.05) is 40.8 Å². The van der Waals surface area contributed by atoms with Crippen LogP contribution in [-0.4, -0.2) is 67.4 Å². The minimum absolute atomic E-state index is 0.184. The molecule has 2 rings (SSSR count). The summed E-state index contributed by atoms with van der Waals surface area (Å²) in [5.41, 5.74) is 1.38. The molecule has 0 atom stereocenters. The lowest BCUT2D eigenvalue weighted by molar-refractivity contribution is -0.130. The van der Waals surface area contributed by atoms with Crippen molar-refractivity contribution in [1.82, 2.24) is 14.7 Å². The fourth-order valence-electron chi connectivity index (χ4n) is 2.84. The van der Waals surface area contributed by atoms with Crippen LogP contribution in [0.3, 0.4) is 0 Å². The molecule has 1 heterocycles. The van der Waals surface area contributed by atoms with Gasteiger partial charge in [0.05, 0.1) is 6.54 Å². The maximum absolute atomic E-state index is 11.8. The molecule has 1 fully saturated rings. The summed E-state index contributed by atoms with van der Waals surface area (Å²) in [7, 11) is 5.70. The number of piperidine rings is 1. The molecule has 0 bridgehead atoms. The molecule has 0 unspecified atom stereocenters. The number of rotatable bonds is 5. The number of amides is 1. The predicted molar refractivity (Wildman–Crippen MR) is 86.1 cm³/mol. The van der Waals surface area contributed by atoms with Gasteiger partial charge in [-0.25, -0.2) is 0 Å². The highest BCUT2D eigenvalue weighted by atomic mass is 16.2. The van der Waals surface area contributed by atoms with E-state index in [1.807, 2.05) is 14.1 Å². The Bertz CT molecular complexity index is 439. The first-order valence-electron chi connectivity index (χ1n) is 7.73. The van der Waals surface area contributed by atoms with Gasteiger partial charge in [0.1, 0.15) is 0 Å². The Kier molecular flexibility index (Phi) is 5.76. The molecular weight excluding hydrogens is 262 g/mol. The van der Waals surface area contributed by atoms with Crippen LogP contribution in [-0.2, 0) is 11.3 Å². The first-order valence-corrected chi connectivity index (χ1v) is 7.73. The average Bonchev–Trinajstić information content (AvgIpc) is 2.48. The second kappa shape index (κ2) is 7.57. The zero-order chi connectivity index (χ0) is 15.2. The molecule has 1 amide bonds.